The molecule has 2 fully saturated rings. The predicted octanol–water partition coefficient (Wildman–Crippen LogP) is 4.50. The van der Waals surface area contributed by atoms with Crippen LogP contribution < -0.4 is 15.8 Å². The fourth-order valence-corrected chi connectivity index (χ4v) is 7.42. The van der Waals surface area contributed by atoms with Crippen LogP contribution in [0.25, 0.3) is 10.8 Å². The van der Waals surface area contributed by atoms with Crippen LogP contribution in [-0.4, -0.2) is 46.9 Å². The number of imide groups is 2. The van der Waals surface area contributed by atoms with Crippen LogP contribution in [0.15, 0.2) is 89.7 Å². The molecule has 1 aromatic heterocycles. The van der Waals surface area contributed by atoms with Gasteiger partial charge in [-0.15, -0.1) is 0 Å². The topological polar surface area (TPSA) is 91.7 Å². The average molecular weight is 575 g/mol. The number of benzene rings is 3. The van der Waals surface area contributed by atoms with Crippen molar-refractivity contribution in [3.8, 4) is 0 Å². The largest absolute Gasteiger partial charge is 0.335 e. The molecule has 7 rings (SSSR count). The maximum atomic E-state index is 14.7. The molecule has 4 aromatic rings. The van der Waals surface area contributed by atoms with Crippen molar-refractivity contribution in [1.82, 2.24) is 14.8 Å². The summed E-state index contributed by atoms with van der Waals surface area (Å²) in [6.45, 7) is 4.12. The Labute approximate surface area is 249 Å². The van der Waals surface area contributed by atoms with Crippen LogP contribution in [0.1, 0.15) is 36.1 Å². The van der Waals surface area contributed by atoms with E-state index in [4.69, 9.17) is 0 Å². The molecule has 1 N–H and O–H groups in total. The monoisotopic (exact) mass is 574 g/mol. The lowest BCUT2D eigenvalue weighted by Gasteiger charge is -2.47. The van der Waals surface area contributed by atoms with E-state index >= 15 is 0 Å². The molecular weight excluding hydrogens is 540 g/mol. The highest BCUT2D eigenvalue weighted by atomic mass is 16.2. The molecule has 43 heavy (non-hydrogen) atoms. The minimum absolute atomic E-state index is 0.0122. The first-order valence-electron chi connectivity index (χ1n) is 15.0. The summed E-state index contributed by atoms with van der Waals surface area (Å²) in [7, 11) is 0. The van der Waals surface area contributed by atoms with Gasteiger partial charge in [0, 0.05) is 43.9 Å². The molecule has 8 heteroatoms. The van der Waals surface area contributed by atoms with Crippen LogP contribution in [0.5, 0.6) is 0 Å². The zero-order valence-electron chi connectivity index (χ0n) is 24.2. The van der Waals surface area contributed by atoms with Gasteiger partial charge in [-0.25, -0.2) is 9.69 Å². The Bertz CT molecular complexity index is 1810. The fraction of sp³-hybridized carbons (Fsp3) is 0.314. The van der Waals surface area contributed by atoms with E-state index in [9.17, 15) is 19.2 Å². The van der Waals surface area contributed by atoms with Crippen molar-refractivity contribution in [1.29, 1.82) is 0 Å². The Kier molecular flexibility index (Phi) is 6.73. The number of aromatic nitrogens is 1. The number of carbonyl (C=O) groups excluding carboxylic acids is 3. The van der Waals surface area contributed by atoms with E-state index < -0.39 is 23.3 Å². The first-order valence-corrected chi connectivity index (χ1v) is 15.0. The smallest absolute Gasteiger partial charge is 0.312 e. The first kappa shape index (κ1) is 27.3. The third-order valence-electron chi connectivity index (χ3n) is 9.49. The highest BCUT2D eigenvalue weighted by Gasteiger charge is 2.56. The van der Waals surface area contributed by atoms with E-state index in [1.807, 2.05) is 72.2 Å². The van der Waals surface area contributed by atoms with Gasteiger partial charge in [0.25, 0.3) is 11.5 Å². The zero-order chi connectivity index (χ0) is 29.7. The number of hydrogen-bond donors (Lipinski definition) is 1. The van der Waals surface area contributed by atoms with Crippen molar-refractivity contribution in [2.45, 2.75) is 38.6 Å². The van der Waals surface area contributed by atoms with Crippen molar-refractivity contribution >= 4 is 34.3 Å². The van der Waals surface area contributed by atoms with E-state index in [0.29, 0.717) is 25.3 Å². The number of hydrogen-bond acceptors (Lipinski definition) is 5. The minimum Gasteiger partial charge on any atom is -0.312 e. The number of aryl methyl sites for hydroxylation is 1. The molecule has 4 heterocycles. The van der Waals surface area contributed by atoms with Crippen LogP contribution in [0.2, 0.25) is 0 Å². The Morgan fingerprint density at radius 2 is 1.60 bits per heavy atom. The van der Waals surface area contributed by atoms with Crippen LogP contribution in [0, 0.1) is 11.3 Å². The fourth-order valence-electron chi connectivity index (χ4n) is 7.42. The lowest BCUT2D eigenvalue weighted by molar-refractivity contribution is -0.144. The summed E-state index contributed by atoms with van der Waals surface area (Å²) in [4.78, 5) is 58.0. The number of carbonyl (C=O) groups is 3. The van der Waals surface area contributed by atoms with Gasteiger partial charge in [-0.3, -0.25) is 19.7 Å². The summed E-state index contributed by atoms with van der Waals surface area (Å²) in [5.74, 6) is -0.728. The Morgan fingerprint density at radius 3 is 2.42 bits per heavy atom. The Balaban J connectivity index is 1.30. The number of pyridine rings is 1. The third-order valence-corrected chi connectivity index (χ3v) is 9.49. The summed E-state index contributed by atoms with van der Waals surface area (Å²) in [6.07, 6.45) is 1.94. The van der Waals surface area contributed by atoms with E-state index in [2.05, 4.69) is 10.2 Å². The molecular formula is C35H34N4O4. The van der Waals surface area contributed by atoms with Crippen molar-refractivity contribution in [2.24, 2.45) is 11.3 Å². The Hall–Kier alpha value is -4.56. The molecule has 3 aliphatic heterocycles. The average Bonchev–Trinajstić information content (AvgIpc) is 3.01. The molecule has 3 aliphatic rings. The second-order valence-electron chi connectivity index (χ2n) is 12.2. The zero-order valence-corrected chi connectivity index (χ0v) is 24.2. The van der Waals surface area contributed by atoms with Crippen molar-refractivity contribution < 1.29 is 14.4 Å². The van der Waals surface area contributed by atoms with Gasteiger partial charge in [0.1, 0.15) is 5.41 Å². The number of barbiturate groups is 1. The summed E-state index contributed by atoms with van der Waals surface area (Å²) in [5, 5.41) is 4.57. The third kappa shape index (κ3) is 4.66. The van der Waals surface area contributed by atoms with Crippen molar-refractivity contribution in [3.63, 3.8) is 0 Å². The normalized spacial score (nSPS) is 23.7. The van der Waals surface area contributed by atoms with Gasteiger partial charge in [0.2, 0.25) is 5.91 Å². The molecule has 2 saturated heterocycles. The van der Waals surface area contributed by atoms with Crippen LogP contribution in [0.4, 0.5) is 10.5 Å². The molecule has 0 aliphatic carbocycles. The van der Waals surface area contributed by atoms with E-state index in [-0.39, 0.29) is 30.4 Å². The molecule has 218 valence electrons. The number of likely N-dealkylation sites (tertiary alicyclic amines) is 1. The molecule has 1 unspecified atom stereocenters. The number of urea groups is 1. The minimum atomic E-state index is -1.54. The number of piperidine rings is 1. The van der Waals surface area contributed by atoms with Gasteiger partial charge >= 0.3 is 6.03 Å². The van der Waals surface area contributed by atoms with E-state index in [1.54, 1.807) is 24.3 Å². The summed E-state index contributed by atoms with van der Waals surface area (Å²) in [5.41, 5.74) is 1.89. The van der Waals surface area contributed by atoms with Crippen LogP contribution >= 0.6 is 0 Å². The SMILES string of the molecule is CCc1ccc(N2C(=O)NC(=O)C(Cc3cccc4ccccc34)(CN3C[C@H]4C[C@H](C3)c3cccc(=O)n3C4)C2=O)cc1. The van der Waals surface area contributed by atoms with Crippen LogP contribution in [-0.2, 0) is 29.0 Å². The molecule has 0 spiro atoms. The lowest BCUT2D eigenvalue weighted by atomic mass is 9.75. The van der Waals surface area contributed by atoms with Crippen molar-refractivity contribution in [2.75, 3.05) is 24.5 Å². The second-order valence-corrected chi connectivity index (χ2v) is 12.2. The number of nitrogens with one attached hydrogen (secondary N) is 1. The van der Waals surface area contributed by atoms with Crippen molar-refractivity contribution in [3.05, 3.63) is 112 Å². The maximum Gasteiger partial charge on any atom is 0.335 e. The van der Waals surface area contributed by atoms with Gasteiger partial charge in [-0.2, -0.15) is 0 Å². The number of anilines is 1. The predicted molar refractivity (Wildman–Crippen MR) is 165 cm³/mol. The quantitative estimate of drug-likeness (QED) is 0.343. The maximum absolute atomic E-state index is 14.7. The number of amides is 4. The molecule has 4 amide bonds. The van der Waals surface area contributed by atoms with E-state index in [0.717, 1.165) is 45.3 Å². The molecule has 2 bridgehead atoms. The number of fused-ring (bicyclic) bond motifs is 5. The summed E-state index contributed by atoms with van der Waals surface area (Å²) < 4.78 is 1.88. The van der Waals surface area contributed by atoms with Gasteiger partial charge in [0.05, 0.1) is 5.69 Å². The first-order chi connectivity index (χ1) is 20.9. The highest BCUT2D eigenvalue weighted by Crippen LogP contribution is 2.40. The molecule has 0 radical (unpaired) electrons. The van der Waals surface area contributed by atoms with Crippen LogP contribution in [0.3, 0.4) is 0 Å². The van der Waals surface area contributed by atoms with E-state index in [1.165, 1.54) is 0 Å². The van der Waals surface area contributed by atoms with Gasteiger partial charge < -0.3 is 9.47 Å². The summed E-state index contributed by atoms with van der Waals surface area (Å²) in [6, 6.07) is 25.9. The molecule has 3 atom stereocenters. The number of rotatable bonds is 6. The second kappa shape index (κ2) is 10.6. The molecule has 8 nitrogen and oxygen atoms in total. The molecule has 3 aromatic carbocycles. The Morgan fingerprint density at radius 1 is 0.837 bits per heavy atom. The number of nitrogens with zero attached hydrogens (tertiary/aromatic N) is 3. The lowest BCUT2D eigenvalue weighted by Crippen LogP contribution is -2.68. The van der Waals surface area contributed by atoms with Gasteiger partial charge in [0.15, 0.2) is 0 Å². The van der Waals surface area contributed by atoms with Gasteiger partial charge in [-0.05, 0) is 65.3 Å². The summed E-state index contributed by atoms with van der Waals surface area (Å²) >= 11 is 0. The molecule has 0 saturated carbocycles. The van der Waals surface area contributed by atoms with Gasteiger partial charge in [-0.1, -0.05) is 67.6 Å². The highest BCUT2D eigenvalue weighted by molar-refractivity contribution is 6.30. The standard InChI is InChI=1S/C35H34N4O4/c1-2-23-13-15-28(16-14-23)39-33(42)35(32(41)36-34(39)43,18-26-9-5-8-25-7-3-4-10-29(25)26)22-37-19-24-17-27(21-37)30-11-6-12-31(40)38(30)20-24/h3-16,24,27H,2,17-22H2,1H3,(H,36,41,43)/t24-,27-,35?/m1/s1.